The number of thiazole rings is 1. The first-order chi connectivity index (χ1) is 14.9. The maximum absolute atomic E-state index is 12.5. The van der Waals surface area contributed by atoms with Crippen molar-refractivity contribution in [2.24, 2.45) is 0 Å². The number of benzene rings is 2. The number of anilines is 2. The predicted molar refractivity (Wildman–Crippen MR) is 116 cm³/mol. The van der Waals surface area contributed by atoms with Gasteiger partial charge in [0, 0.05) is 23.7 Å². The van der Waals surface area contributed by atoms with Gasteiger partial charge < -0.3 is 10.6 Å². The van der Waals surface area contributed by atoms with E-state index in [1.807, 2.05) is 0 Å². The highest BCUT2D eigenvalue weighted by Gasteiger charge is 2.35. The third-order valence-electron chi connectivity index (χ3n) is 4.63. The van der Waals surface area contributed by atoms with Crippen LogP contribution in [0, 0.1) is 0 Å². The second kappa shape index (κ2) is 8.49. The lowest BCUT2D eigenvalue weighted by Gasteiger charge is -2.11. The molecule has 4 amide bonds. The Bertz CT molecular complexity index is 1150. The molecule has 4 rings (SSSR count). The van der Waals surface area contributed by atoms with Crippen LogP contribution in [0.1, 0.15) is 38.1 Å². The number of fused-ring (bicyclic) bond motifs is 1. The molecule has 156 valence electrons. The van der Waals surface area contributed by atoms with Crippen molar-refractivity contribution in [2.45, 2.75) is 19.9 Å². The van der Waals surface area contributed by atoms with E-state index in [1.54, 1.807) is 54.7 Å². The van der Waals surface area contributed by atoms with Crippen LogP contribution in [-0.4, -0.2) is 33.5 Å². The Hall–Kier alpha value is -3.85. The SMILES string of the molecule is CC(=O)Nc1ccc(CC(=O)Nc2ncc(CN3C(=O)c4ccccc4C3=O)s2)cc1. The van der Waals surface area contributed by atoms with Gasteiger partial charge in [0.25, 0.3) is 11.8 Å². The van der Waals surface area contributed by atoms with Gasteiger partial charge in [0.05, 0.1) is 24.1 Å². The van der Waals surface area contributed by atoms with Crippen molar-refractivity contribution < 1.29 is 19.2 Å². The first kappa shape index (κ1) is 20.4. The minimum Gasteiger partial charge on any atom is -0.326 e. The Morgan fingerprint density at radius 2 is 1.61 bits per heavy atom. The molecule has 2 heterocycles. The van der Waals surface area contributed by atoms with Crippen LogP contribution >= 0.6 is 11.3 Å². The molecule has 0 bridgehead atoms. The molecular formula is C22H18N4O4S. The number of aromatic nitrogens is 1. The van der Waals surface area contributed by atoms with Crippen LogP contribution in [0.2, 0.25) is 0 Å². The number of hydrogen-bond acceptors (Lipinski definition) is 6. The molecule has 3 aromatic rings. The molecule has 9 heteroatoms. The summed E-state index contributed by atoms with van der Waals surface area (Å²) in [6.45, 7) is 1.53. The largest absolute Gasteiger partial charge is 0.326 e. The van der Waals surface area contributed by atoms with E-state index in [2.05, 4.69) is 15.6 Å². The Balaban J connectivity index is 1.35. The monoisotopic (exact) mass is 434 g/mol. The molecule has 0 aliphatic carbocycles. The maximum Gasteiger partial charge on any atom is 0.261 e. The van der Waals surface area contributed by atoms with Gasteiger partial charge in [-0.25, -0.2) is 4.98 Å². The van der Waals surface area contributed by atoms with E-state index in [0.29, 0.717) is 26.8 Å². The van der Waals surface area contributed by atoms with Crippen LogP contribution < -0.4 is 10.6 Å². The molecule has 8 nitrogen and oxygen atoms in total. The molecule has 1 aliphatic rings. The zero-order valence-corrected chi connectivity index (χ0v) is 17.4. The summed E-state index contributed by atoms with van der Waals surface area (Å²) in [7, 11) is 0. The Labute approximate surface area is 181 Å². The summed E-state index contributed by atoms with van der Waals surface area (Å²) in [5, 5.41) is 5.80. The van der Waals surface area contributed by atoms with Gasteiger partial charge in [0.2, 0.25) is 11.8 Å². The van der Waals surface area contributed by atoms with Gasteiger partial charge in [-0.15, -0.1) is 0 Å². The first-order valence-electron chi connectivity index (χ1n) is 9.47. The number of imide groups is 1. The molecule has 0 saturated heterocycles. The Kier molecular flexibility index (Phi) is 5.59. The van der Waals surface area contributed by atoms with Gasteiger partial charge >= 0.3 is 0 Å². The van der Waals surface area contributed by atoms with Crippen LogP contribution in [0.4, 0.5) is 10.8 Å². The van der Waals surface area contributed by atoms with Crippen molar-refractivity contribution in [3.63, 3.8) is 0 Å². The summed E-state index contributed by atoms with van der Waals surface area (Å²) >= 11 is 1.21. The summed E-state index contributed by atoms with van der Waals surface area (Å²) in [4.78, 5) is 54.4. The molecule has 1 aliphatic heterocycles. The summed E-state index contributed by atoms with van der Waals surface area (Å²) in [6.07, 6.45) is 1.69. The smallest absolute Gasteiger partial charge is 0.261 e. The molecule has 0 saturated carbocycles. The molecule has 2 aromatic carbocycles. The molecule has 0 radical (unpaired) electrons. The maximum atomic E-state index is 12.5. The van der Waals surface area contributed by atoms with Crippen LogP contribution in [-0.2, 0) is 22.6 Å². The number of amides is 4. The normalized spacial score (nSPS) is 12.6. The van der Waals surface area contributed by atoms with Crippen LogP contribution in [0.5, 0.6) is 0 Å². The number of hydrogen-bond donors (Lipinski definition) is 2. The minimum absolute atomic E-state index is 0.102. The third kappa shape index (κ3) is 4.51. The van der Waals surface area contributed by atoms with Crippen molar-refractivity contribution in [2.75, 3.05) is 10.6 Å². The van der Waals surface area contributed by atoms with Crippen LogP contribution in [0.25, 0.3) is 0 Å². The molecule has 2 N–H and O–H groups in total. The highest BCUT2D eigenvalue weighted by atomic mass is 32.1. The van der Waals surface area contributed by atoms with Gasteiger partial charge in [-0.2, -0.15) is 0 Å². The van der Waals surface area contributed by atoms with E-state index in [4.69, 9.17) is 0 Å². The van der Waals surface area contributed by atoms with Crippen molar-refractivity contribution in [3.05, 3.63) is 76.3 Å². The fourth-order valence-electron chi connectivity index (χ4n) is 3.24. The molecule has 1 aromatic heterocycles. The van der Waals surface area contributed by atoms with Crippen LogP contribution in [0.3, 0.4) is 0 Å². The second-order valence-corrected chi connectivity index (χ2v) is 8.09. The lowest BCUT2D eigenvalue weighted by Crippen LogP contribution is -2.28. The summed E-state index contributed by atoms with van der Waals surface area (Å²) < 4.78 is 0. The molecule has 0 unspecified atom stereocenters. The topological polar surface area (TPSA) is 108 Å². The van der Waals surface area contributed by atoms with E-state index < -0.39 is 0 Å². The van der Waals surface area contributed by atoms with Crippen molar-refractivity contribution in [1.82, 2.24) is 9.88 Å². The highest BCUT2D eigenvalue weighted by Crippen LogP contribution is 2.27. The molecular weight excluding hydrogens is 416 g/mol. The van der Waals surface area contributed by atoms with E-state index in [1.165, 1.54) is 23.2 Å². The predicted octanol–water partition coefficient (Wildman–Crippen LogP) is 3.08. The van der Waals surface area contributed by atoms with Gasteiger partial charge in [0.1, 0.15) is 0 Å². The van der Waals surface area contributed by atoms with E-state index in [0.717, 1.165) is 5.56 Å². The first-order valence-corrected chi connectivity index (χ1v) is 10.3. The zero-order chi connectivity index (χ0) is 22.0. The fourth-order valence-corrected chi connectivity index (χ4v) is 4.05. The molecule has 0 atom stereocenters. The van der Waals surface area contributed by atoms with Crippen molar-refractivity contribution >= 4 is 45.8 Å². The van der Waals surface area contributed by atoms with E-state index in [9.17, 15) is 19.2 Å². The standard InChI is InChI=1S/C22H18N4O4S/c1-13(27)24-15-8-6-14(7-9-15)10-19(28)25-22-23-11-16(31-22)12-26-20(29)17-4-2-3-5-18(17)21(26)30/h2-9,11H,10,12H2,1H3,(H,24,27)(H,23,25,28). The van der Waals surface area contributed by atoms with E-state index in [-0.39, 0.29) is 36.6 Å². The number of carbonyl (C=O) groups excluding carboxylic acids is 4. The summed E-state index contributed by atoms with van der Waals surface area (Å²) in [5.74, 6) is -1.07. The third-order valence-corrected chi connectivity index (χ3v) is 5.53. The number of nitrogens with one attached hydrogen (secondary N) is 2. The molecule has 0 spiro atoms. The van der Waals surface area contributed by atoms with Gasteiger partial charge in [0.15, 0.2) is 5.13 Å². The zero-order valence-electron chi connectivity index (χ0n) is 16.5. The minimum atomic E-state index is -0.331. The number of nitrogens with zero attached hydrogens (tertiary/aromatic N) is 2. The number of carbonyl (C=O) groups is 4. The average Bonchev–Trinajstić information content (AvgIpc) is 3.27. The average molecular weight is 434 g/mol. The molecule has 0 fully saturated rings. The van der Waals surface area contributed by atoms with Gasteiger partial charge in [-0.1, -0.05) is 35.6 Å². The van der Waals surface area contributed by atoms with Crippen molar-refractivity contribution in [1.29, 1.82) is 0 Å². The van der Waals surface area contributed by atoms with Crippen LogP contribution in [0.15, 0.2) is 54.7 Å². The lowest BCUT2D eigenvalue weighted by atomic mass is 10.1. The highest BCUT2D eigenvalue weighted by molar-refractivity contribution is 7.15. The fraction of sp³-hybridized carbons (Fsp3) is 0.136. The quantitative estimate of drug-likeness (QED) is 0.580. The summed E-state index contributed by atoms with van der Waals surface area (Å²) in [5.41, 5.74) is 2.24. The second-order valence-electron chi connectivity index (χ2n) is 6.98. The van der Waals surface area contributed by atoms with Crippen molar-refractivity contribution in [3.8, 4) is 0 Å². The lowest BCUT2D eigenvalue weighted by molar-refractivity contribution is -0.116. The Morgan fingerprint density at radius 3 is 2.23 bits per heavy atom. The number of rotatable bonds is 6. The van der Waals surface area contributed by atoms with Gasteiger partial charge in [-0.3, -0.25) is 24.1 Å². The Morgan fingerprint density at radius 1 is 0.968 bits per heavy atom. The van der Waals surface area contributed by atoms with E-state index >= 15 is 0 Å². The summed E-state index contributed by atoms with van der Waals surface area (Å²) in [6, 6.07) is 13.7. The molecule has 31 heavy (non-hydrogen) atoms. The van der Waals surface area contributed by atoms with Gasteiger partial charge in [-0.05, 0) is 29.8 Å².